The molecule has 3 heterocycles. The molecule has 0 aliphatic carbocycles. The zero-order valence-corrected chi connectivity index (χ0v) is 13.7. The Bertz CT molecular complexity index is 531. The van der Waals surface area contributed by atoms with E-state index in [0.29, 0.717) is 0 Å². The monoisotopic (exact) mass is 302 g/mol. The molecule has 0 N–H and O–H groups in total. The van der Waals surface area contributed by atoms with E-state index in [9.17, 15) is 0 Å². The fourth-order valence-electron chi connectivity index (χ4n) is 3.22. The summed E-state index contributed by atoms with van der Waals surface area (Å²) in [5.74, 6) is 0. The smallest absolute Gasteiger partial charge is 0.145 e. The maximum Gasteiger partial charge on any atom is 0.145 e. The highest BCUT2D eigenvalue weighted by Gasteiger charge is 2.24. The van der Waals surface area contributed by atoms with Crippen molar-refractivity contribution in [2.24, 2.45) is 5.16 Å². The van der Waals surface area contributed by atoms with Crippen molar-refractivity contribution in [1.29, 1.82) is 0 Å². The lowest BCUT2D eigenvalue weighted by Crippen LogP contribution is -2.36. The van der Waals surface area contributed by atoms with Crippen LogP contribution in [0.2, 0.25) is 0 Å². The first-order valence-electron chi connectivity index (χ1n) is 8.36. The Balaban J connectivity index is 1.52. The van der Waals surface area contributed by atoms with Gasteiger partial charge < -0.3 is 9.74 Å². The predicted molar refractivity (Wildman–Crippen MR) is 89.5 cm³/mol. The van der Waals surface area contributed by atoms with Crippen molar-refractivity contribution in [3.8, 4) is 0 Å². The van der Waals surface area contributed by atoms with Crippen molar-refractivity contribution < 1.29 is 4.84 Å². The highest BCUT2D eigenvalue weighted by molar-refractivity contribution is 5.85. The minimum atomic E-state index is 0.254. The van der Waals surface area contributed by atoms with Gasteiger partial charge in [0.25, 0.3) is 0 Å². The predicted octanol–water partition coefficient (Wildman–Crippen LogP) is 2.46. The molecule has 2 aliphatic rings. The van der Waals surface area contributed by atoms with Crippen LogP contribution in [0.5, 0.6) is 0 Å². The first kappa shape index (κ1) is 15.3. The van der Waals surface area contributed by atoms with Crippen LogP contribution in [0.25, 0.3) is 0 Å². The highest BCUT2D eigenvalue weighted by Crippen LogP contribution is 2.18. The Morgan fingerprint density at radius 1 is 1.27 bits per heavy atom. The van der Waals surface area contributed by atoms with Gasteiger partial charge in [0.1, 0.15) is 6.10 Å². The van der Waals surface area contributed by atoms with Gasteiger partial charge in [-0.1, -0.05) is 12.1 Å². The van der Waals surface area contributed by atoms with Crippen molar-refractivity contribution in [3.63, 3.8) is 0 Å². The average Bonchev–Trinajstić information content (AvgIpc) is 2.84. The first-order chi connectivity index (χ1) is 10.7. The number of anilines is 1. The molecule has 5 nitrogen and oxygen atoms in total. The molecule has 3 rings (SSSR count). The van der Waals surface area contributed by atoms with Crippen molar-refractivity contribution in [2.75, 3.05) is 37.6 Å². The number of nitrogens with zero attached hydrogens (tertiary/aromatic N) is 4. The lowest BCUT2D eigenvalue weighted by atomic mass is 10.1. The van der Waals surface area contributed by atoms with E-state index in [2.05, 4.69) is 45.9 Å². The third-order valence-corrected chi connectivity index (χ3v) is 4.50. The topological polar surface area (TPSA) is 41.0 Å². The second-order valence-electron chi connectivity index (χ2n) is 6.24. The summed E-state index contributed by atoms with van der Waals surface area (Å²) in [5, 5.41) is 4.17. The van der Waals surface area contributed by atoms with Crippen LogP contribution in [0, 0.1) is 6.92 Å². The van der Waals surface area contributed by atoms with E-state index < -0.39 is 0 Å². The molecule has 0 bridgehead atoms. The maximum atomic E-state index is 5.55. The van der Waals surface area contributed by atoms with Crippen LogP contribution in [0.4, 0.5) is 5.69 Å². The summed E-state index contributed by atoms with van der Waals surface area (Å²) in [6.45, 7) is 9.60. The molecule has 22 heavy (non-hydrogen) atoms. The van der Waals surface area contributed by atoms with Gasteiger partial charge in [-0.15, -0.1) is 0 Å². The standard InChI is InChI=1S/C17H26N4O/c1-3-15-12-17(22-19-15)13-20-7-4-8-21(10-9-20)16-5-6-18-14(2)11-16/h5-6,11,17H,3-4,7-10,12-13H2,1-2H3/t17-/m0/s1. The molecule has 5 heteroatoms. The van der Waals surface area contributed by atoms with Crippen molar-refractivity contribution >= 4 is 11.4 Å². The van der Waals surface area contributed by atoms with Crippen LogP contribution in [0.1, 0.15) is 31.9 Å². The normalized spacial score (nSPS) is 23.1. The molecule has 1 fully saturated rings. The van der Waals surface area contributed by atoms with Gasteiger partial charge in [-0.2, -0.15) is 0 Å². The van der Waals surface area contributed by atoms with E-state index in [0.717, 1.165) is 51.3 Å². The number of pyridine rings is 1. The Kier molecular flexibility index (Phi) is 4.93. The molecule has 1 aromatic rings. The highest BCUT2D eigenvalue weighted by atomic mass is 16.6. The minimum absolute atomic E-state index is 0.254. The average molecular weight is 302 g/mol. The molecule has 0 aromatic carbocycles. The van der Waals surface area contributed by atoms with Gasteiger partial charge in [-0.05, 0) is 31.9 Å². The third-order valence-electron chi connectivity index (χ3n) is 4.50. The lowest BCUT2D eigenvalue weighted by molar-refractivity contribution is 0.0544. The van der Waals surface area contributed by atoms with E-state index in [4.69, 9.17) is 4.84 Å². The largest absolute Gasteiger partial charge is 0.391 e. The van der Waals surface area contributed by atoms with Crippen LogP contribution in [0.15, 0.2) is 23.5 Å². The molecule has 0 saturated carbocycles. The molecule has 0 amide bonds. The van der Waals surface area contributed by atoms with Crippen molar-refractivity contribution in [1.82, 2.24) is 9.88 Å². The van der Waals surface area contributed by atoms with Gasteiger partial charge in [0.05, 0.1) is 5.71 Å². The summed E-state index contributed by atoms with van der Waals surface area (Å²) < 4.78 is 0. The maximum absolute atomic E-state index is 5.55. The van der Waals surface area contributed by atoms with Gasteiger partial charge in [0, 0.05) is 56.7 Å². The Hall–Kier alpha value is -1.62. The zero-order chi connectivity index (χ0) is 15.4. The molecular formula is C17H26N4O. The summed E-state index contributed by atoms with van der Waals surface area (Å²) >= 11 is 0. The third kappa shape index (κ3) is 3.77. The van der Waals surface area contributed by atoms with Crippen LogP contribution in [-0.4, -0.2) is 54.4 Å². The number of oxime groups is 1. The zero-order valence-electron chi connectivity index (χ0n) is 13.7. The van der Waals surface area contributed by atoms with Gasteiger partial charge in [0.2, 0.25) is 0 Å². The number of rotatable bonds is 4. The molecule has 1 aromatic heterocycles. The number of hydrogen-bond donors (Lipinski definition) is 0. The van der Waals surface area contributed by atoms with Crippen LogP contribution < -0.4 is 4.90 Å². The lowest BCUT2D eigenvalue weighted by Gasteiger charge is -2.24. The molecule has 1 saturated heterocycles. The summed E-state index contributed by atoms with van der Waals surface area (Å²) in [5.41, 5.74) is 3.58. The summed E-state index contributed by atoms with van der Waals surface area (Å²) in [4.78, 5) is 14.8. The van der Waals surface area contributed by atoms with E-state index in [1.54, 1.807) is 0 Å². The Morgan fingerprint density at radius 2 is 2.18 bits per heavy atom. The van der Waals surface area contributed by atoms with Gasteiger partial charge in [-0.3, -0.25) is 9.88 Å². The quantitative estimate of drug-likeness (QED) is 0.857. The van der Waals surface area contributed by atoms with Crippen molar-refractivity contribution in [2.45, 2.75) is 39.2 Å². The Morgan fingerprint density at radius 3 is 2.95 bits per heavy atom. The SMILES string of the molecule is CCC1=NO[C@H](CN2CCCN(c3ccnc(C)c3)CC2)C1. The summed E-state index contributed by atoms with van der Waals surface area (Å²) in [6, 6.07) is 4.29. The minimum Gasteiger partial charge on any atom is -0.391 e. The second kappa shape index (κ2) is 7.09. The van der Waals surface area contributed by atoms with Crippen molar-refractivity contribution in [3.05, 3.63) is 24.0 Å². The van der Waals surface area contributed by atoms with E-state index >= 15 is 0 Å². The molecule has 0 spiro atoms. The van der Waals surface area contributed by atoms with Gasteiger partial charge in [-0.25, -0.2) is 0 Å². The van der Waals surface area contributed by atoms with Crippen LogP contribution in [-0.2, 0) is 4.84 Å². The molecule has 0 radical (unpaired) electrons. The first-order valence-corrected chi connectivity index (χ1v) is 8.36. The van der Waals surface area contributed by atoms with E-state index in [1.165, 1.54) is 17.8 Å². The van der Waals surface area contributed by atoms with E-state index in [-0.39, 0.29) is 6.10 Å². The molecule has 2 aliphatic heterocycles. The second-order valence-corrected chi connectivity index (χ2v) is 6.24. The number of hydrogen-bond acceptors (Lipinski definition) is 5. The summed E-state index contributed by atoms with van der Waals surface area (Å²) in [7, 11) is 0. The number of aromatic nitrogens is 1. The summed E-state index contributed by atoms with van der Waals surface area (Å²) in [6.07, 6.45) is 5.36. The van der Waals surface area contributed by atoms with Crippen LogP contribution in [0.3, 0.4) is 0 Å². The fraction of sp³-hybridized carbons (Fsp3) is 0.647. The molecular weight excluding hydrogens is 276 g/mol. The molecule has 1 atom stereocenters. The van der Waals surface area contributed by atoms with E-state index in [1.807, 2.05) is 6.20 Å². The Labute approximate surface area is 133 Å². The van der Waals surface area contributed by atoms with Crippen LogP contribution >= 0.6 is 0 Å². The fourth-order valence-corrected chi connectivity index (χ4v) is 3.22. The van der Waals surface area contributed by atoms with Gasteiger partial charge in [0.15, 0.2) is 0 Å². The number of aryl methyl sites for hydroxylation is 1. The molecule has 120 valence electrons. The van der Waals surface area contributed by atoms with Gasteiger partial charge >= 0.3 is 0 Å². The molecule has 0 unspecified atom stereocenters.